The number of aromatic nitrogens is 1. The number of aryl methyl sites for hydroxylation is 1. The van der Waals surface area contributed by atoms with Crippen molar-refractivity contribution in [1.82, 2.24) is 10.3 Å². The number of amides is 1. The molecule has 3 aromatic rings. The van der Waals surface area contributed by atoms with Gasteiger partial charge in [0.05, 0.1) is 11.7 Å². The first-order valence-corrected chi connectivity index (χ1v) is 9.76. The normalized spacial score (nSPS) is 13.2. The molecule has 4 heteroatoms. The minimum atomic E-state index is -0.272. The lowest BCUT2D eigenvalue weighted by Gasteiger charge is -2.22. The number of carbonyl (C=O) groups excluding carboxylic acids is 1. The van der Waals surface area contributed by atoms with Gasteiger partial charge in [0.15, 0.2) is 0 Å². The van der Waals surface area contributed by atoms with Crippen LogP contribution in [0.1, 0.15) is 45.6 Å². The predicted octanol–water partition coefficient (Wildman–Crippen LogP) is 4.25. The van der Waals surface area contributed by atoms with E-state index in [1.165, 1.54) is 16.8 Å². The zero-order valence-electron chi connectivity index (χ0n) is 16.6. The smallest absolute Gasteiger partial charge is 0.252 e. The van der Waals surface area contributed by atoms with Crippen molar-refractivity contribution in [3.8, 4) is 12.0 Å². The summed E-state index contributed by atoms with van der Waals surface area (Å²) in [6, 6.07) is 20.5. The number of pyridine rings is 1. The first kappa shape index (κ1) is 18.8. The topological polar surface area (TPSA) is 45.2 Å². The first-order chi connectivity index (χ1) is 14.2. The van der Waals surface area contributed by atoms with E-state index in [9.17, 15) is 4.79 Å². The van der Waals surface area contributed by atoms with E-state index in [0.29, 0.717) is 5.56 Å². The van der Waals surface area contributed by atoms with Gasteiger partial charge in [-0.05, 0) is 60.7 Å². The fourth-order valence-electron chi connectivity index (χ4n) is 3.93. The van der Waals surface area contributed by atoms with Crippen LogP contribution in [0.2, 0.25) is 0 Å². The molecule has 0 bridgehead atoms. The Morgan fingerprint density at radius 2 is 1.97 bits per heavy atom. The molecule has 144 valence electrons. The number of nitrogens with one attached hydrogen (secondary N) is 1. The number of carbonyl (C=O) groups is 1. The molecule has 1 aliphatic heterocycles. The van der Waals surface area contributed by atoms with Crippen LogP contribution in [0.25, 0.3) is 0 Å². The molecule has 0 saturated heterocycles. The van der Waals surface area contributed by atoms with Crippen LogP contribution >= 0.6 is 0 Å². The maximum Gasteiger partial charge on any atom is 0.252 e. The summed E-state index contributed by atoms with van der Waals surface area (Å²) >= 11 is 0. The van der Waals surface area contributed by atoms with E-state index in [4.69, 9.17) is 0 Å². The van der Waals surface area contributed by atoms with Gasteiger partial charge in [-0.3, -0.25) is 9.78 Å². The van der Waals surface area contributed by atoms with Gasteiger partial charge in [0.25, 0.3) is 5.91 Å². The van der Waals surface area contributed by atoms with E-state index < -0.39 is 0 Å². The lowest BCUT2D eigenvalue weighted by atomic mass is 9.94. The molecule has 1 aliphatic rings. The second kappa shape index (κ2) is 8.20. The van der Waals surface area contributed by atoms with Gasteiger partial charge < -0.3 is 10.2 Å². The van der Waals surface area contributed by atoms with Crippen LogP contribution in [0.4, 0.5) is 5.69 Å². The second-order valence-corrected chi connectivity index (χ2v) is 7.17. The van der Waals surface area contributed by atoms with Crippen molar-refractivity contribution < 1.29 is 4.79 Å². The van der Waals surface area contributed by atoms with Crippen LogP contribution in [-0.2, 0) is 6.42 Å². The third-order valence-electron chi connectivity index (χ3n) is 5.19. The van der Waals surface area contributed by atoms with Gasteiger partial charge in [-0.2, -0.15) is 0 Å². The second-order valence-electron chi connectivity index (χ2n) is 7.17. The number of hydrogen-bond acceptors (Lipinski definition) is 3. The fourth-order valence-corrected chi connectivity index (χ4v) is 3.93. The summed E-state index contributed by atoms with van der Waals surface area (Å²) in [4.78, 5) is 19.3. The number of fused-ring (bicyclic) bond motifs is 1. The van der Waals surface area contributed by atoms with Crippen molar-refractivity contribution >= 4 is 11.6 Å². The molecule has 2 aromatic carbocycles. The Bertz CT molecular complexity index is 1080. The van der Waals surface area contributed by atoms with Crippen molar-refractivity contribution in [2.24, 2.45) is 0 Å². The highest BCUT2D eigenvalue weighted by atomic mass is 16.1. The molecular weight excluding hydrogens is 358 g/mol. The number of nitrogens with zero attached hydrogens (tertiary/aromatic N) is 2. The molecule has 1 atom stereocenters. The number of anilines is 1. The van der Waals surface area contributed by atoms with Gasteiger partial charge in [-0.1, -0.05) is 42.3 Å². The summed E-state index contributed by atoms with van der Waals surface area (Å²) < 4.78 is 0. The van der Waals surface area contributed by atoms with Gasteiger partial charge in [0.1, 0.15) is 0 Å². The third kappa shape index (κ3) is 3.86. The molecular formula is C25H23N3O. The quantitative estimate of drug-likeness (QED) is 0.687. The maximum atomic E-state index is 12.9. The molecule has 29 heavy (non-hydrogen) atoms. The Hall–Kier alpha value is -3.58. The zero-order valence-corrected chi connectivity index (χ0v) is 16.6. The molecule has 2 heterocycles. The molecule has 1 unspecified atom stereocenters. The van der Waals surface area contributed by atoms with Crippen molar-refractivity contribution in [1.29, 1.82) is 0 Å². The number of rotatable bonds is 4. The van der Waals surface area contributed by atoms with Crippen molar-refractivity contribution in [2.75, 3.05) is 11.4 Å². The molecule has 1 amide bonds. The summed E-state index contributed by atoms with van der Waals surface area (Å²) in [5.41, 5.74) is 6.29. The van der Waals surface area contributed by atoms with Gasteiger partial charge in [0.2, 0.25) is 0 Å². The van der Waals surface area contributed by atoms with E-state index in [0.717, 1.165) is 24.1 Å². The van der Waals surface area contributed by atoms with Crippen LogP contribution in [0.3, 0.4) is 0 Å². The Balaban J connectivity index is 1.73. The molecule has 0 spiro atoms. The fraction of sp³-hybridized carbons (Fsp3) is 0.200. The van der Waals surface area contributed by atoms with Crippen LogP contribution < -0.4 is 10.2 Å². The average Bonchev–Trinajstić information content (AvgIpc) is 3.16. The monoisotopic (exact) mass is 381 g/mol. The van der Waals surface area contributed by atoms with E-state index in [1.807, 2.05) is 55.6 Å². The van der Waals surface area contributed by atoms with Crippen molar-refractivity contribution in [3.63, 3.8) is 0 Å². The molecule has 0 saturated carbocycles. The van der Waals surface area contributed by atoms with Crippen LogP contribution in [0, 0.1) is 18.9 Å². The van der Waals surface area contributed by atoms with E-state index in [2.05, 4.69) is 46.2 Å². The summed E-state index contributed by atoms with van der Waals surface area (Å²) in [5.74, 6) is 2.90. The van der Waals surface area contributed by atoms with Gasteiger partial charge in [-0.15, -0.1) is 0 Å². The summed E-state index contributed by atoms with van der Waals surface area (Å²) in [6.07, 6.45) is 4.51. The van der Waals surface area contributed by atoms with E-state index in [-0.39, 0.29) is 11.9 Å². The van der Waals surface area contributed by atoms with Crippen molar-refractivity contribution in [2.45, 2.75) is 26.3 Å². The highest BCUT2D eigenvalue weighted by molar-refractivity contribution is 5.94. The standard InChI is InChI=1S/C25H23N3O/c1-3-13-28-14-11-20-16-22(15-18(2)24(20)28)23(21-10-7-12-26-17-21)27-25(29)19-8-5-4-6-9-19/h4-10,12,15-17,23H,11,14H2,1-2H3,(H,27,29). The Morgan fingerprint density at radius 1 is 1.14 bits per heavy atom. The van der Waals surface area contributed by atoms with Crippen LogP contribution in [0.15, 0.2) is 67.0 Å². The highest BCUT2D eigenvalue weighted by Gasteiger charge is 2.25. The Labute approximate surface area is 171 Å². The minimum Gasteiger partial charge on any atom is -0.341 e. The molecule has 0 aliphatic carbocycles. The number of hydrogen-bond donors (Lipinski definition) is 1. The molecule has 0 fully saturated rings. The summed E-state index contributed by atoms with van der Waals surface area (Å²) in [7, 11) is 0. The average molecular weight is 381 g/mol. The van der Waals surface area contributed by atoms with Gasteiger partial charge in [0, 0.05) is 30.5 Å². The van der Waals surface area contributed by atoms with Crippen LogP contribution in [0.5, 0.6) is 0 Å². The van der Waals surface area contributed by atoms with Gasteiger partial charge >= 0.3 is 0 Å². The van der Waals surface area contributed by atoms with E-state index >= 15 is 0 Å². The predicted molar refractivity (Wildman–Crippen MR) is 116 cm³/mol. The SMILES string of the molecule is CC#CN1CCc2cc(C(NC(=O)c3ccccc3)c3cccnc3)cc(C)c21. The Morgan fingerprint density at radius 3 is 2.69 bits per heavy atom. The molecule has 1 N–H and O–H groups in total. The molecule has 0 radical (unpaired) electrons. The molecule has 1 aromatic heterocycles. The van der Waals surface area contributed by atoms with Crippen LogP contribution in [-0.4, -0.2) is 17.4 Å². The van der Waals surface area contributed by atoms with Crippen molar-refractivity contribution in [3.05, 3.63) is 94.8 Å². The minimum absolute atomic E-state index is 0.101. The lowest BCUT2D eigenvalue weighted by Crippen LogP contribution is -2.29. The summed E-state index contributed by atoms with van der Waals surface area (Å²) in [6.45, 7) is 4.87. The zero-order chi connectivity index (χ0) is 20.2. The maximum absolute atomic E-state index is 12.9. The Kier molecular flexibility index (Phi) is 5.31. The van der Waals surface area contributed by atoms with E-state index in [1.54, 1.807) is 6.20 Å². The first-order valence-electron chi connectivity index (χ1n) is 9.76. The highest BCUT2D eigenvalue weighted by Crippen LogP contribution is 2.35. The summed E-state index contributed by atoms with van der Waals surface area (Å²) in [5, 5.41) is 3.20. The van der Waals surface area contributed by atoms with Gasteiger partial charge in [-0.25, -0.2) is 0 Å². The number of benzene rings is 2. The third-order valence-corrected chi connectivity index (χ3v) is 5.19. The lowest BCUT2D eigenvalue weighted by molar-refractivity contribution is 0.0943. The molecule has 4 nitrogen and oxygen atoms in total. The largest absolute Gasteiger partial charge is 0.341 e. The molecule has 4 rings (SSSR count).